The minimum Gasteiger partial charge on any atom is -0.490 e. The maximum Gasteiger partial charge on any atom is 0.333 e. The first-order chi connectivity index (χ1) is 13.4. The van der Waals surface area contributed by atoms with Crippen LogP contribution < -0.4 is 19.7 Å². The summed E-state index contributed by atoms with van der Waals surface area (Å²) in [6.07, 6.45) is 1.49. The van der Waals surface area contributed by atoms with Gasteiger partial charge in [-0.15, -0.1) is 0 Å². The molecule has 146 valence electrons. The molecule has 0 aliphatic carbocycles. The lowest BCUT2D eigenvalue weighted by Gasteiger charge is -2.16. The molecule has 1 saturated heterocycles. The van der Waals surface area contributed by atoms with Crippen molar-refractivity contribution in [2.24, 2.45) is 0 Å². The lowest BCUT2D eigenvalue weighted by Crippen LogP contribution is -2.30. The zero-order valence-corrected chi connectivity index (χ0v) is 16.6. The van der Waals surface area contributed by atoms with Crippen LogP contribution in [0.2, 0.25) is 5.02 Å². The Balaban J connectivity index is 1.95. The molecular formula is C21H21ClN2O4. The average Bonchev–Trinajstić information content (AvgIpc) is 2.92. The predicted molar refractivity (Wildman–Crippen MR) is 109 cm³/mol. The Bertz CT molecular complexity index is 926. The van der Waals surface area contributed by atoms with E-state index in [1.165, 1.54) is 0 Å². The van der Waals surface area contributed by atoms with Crippen LogP contribution in [0.4, 0.5) is 10.5 Å². The largest absolute Gasteiger partial charge is 0.490 e. The van der Waals surface area contributed by atoms with Crippen molar-refractivity contribution in [3.05, 3.63) is 58.7 Å². The van der Waals surface area contributed by atoms with Crippen LogP contribution in [0.15, 0.2) is 48.2 Å². The van der Waals surface area contributed by atoms with Gasteiger partial charge in [0.05, 0.1) is 23.4 Å². The molecule has 3 rings (SSSR count). The van der Waals surface area contributed by atoms with Gasteiger partial charge in [-0.2, -0.15) is 0 Å². The minimum atomic E-state index is -0.502. The number of hydrogen-bond acceptors (Lipinski definition) is 4. The third kappa shape index (κ3) is 4.12. The van der Waals surface area contributed by atoms with E-state index in [0.29, 0.717) is 34.4 Å². The van der Waals surface area contributed by atoms with Crippen LogP contribution in [0.5, 0.6) is 11.5 Å². The summed E-state index contributed by atoms with van der Waals surface area (Å²) in [6, 6.07) is 11.6. The van der Waals surface area contributed by atoms with E-state index in [0.717, 1.165) is 4.90 Å². The van der Waals surface area contributed by atoms with Gasteiger partial charge in [0, 0.05) is 0 Å². The molecule has 7 heteroatoms. The van der Waals surface area contributed by atoms with Crippen molar-refractivity contribution in [2.45, 2.75) is 26.9 Å². The summed E-state index contributed by atoms with van der Waals surface area (Å²) in [4.78, 5) is 26.1. The van der Waals surface area contributed by atoms with Gasteiger partial charge >= 0.3 is 6.03 Å². The van der Waals surface area contributed by atoms with Crippen LogP contribution in [0.3, 0.4) is 0 Å². The van der Waals surface area contributed by atoms with Gasteiger partial charge in [0.25, 0.3) is 5.91 Å². The molecule has 0 aromatic heterocycles. The number of urea groups is 1. The number of carbonyl (C=O) groups is 2. The first-order valence-electron chi connectivity index (χ1n) is 8.96. The number of carbonyl (C=O) groups excluding carboxylic acids is 2. The van der Waals surface area contributed by atoms with Crippen molar-refractivity contribution in [3.63, 3.8) is 0 Å². The smallest absolute Gasteiger partial charge is 0.333 e. The fourth-order valence-corrected chi connectivity index (χ4v) is 3.06. The van der Waals surface area contributed by atoms with Gasteiger partial charge in [-0.1, -0.05) is 29.8 Å². The Morgan fingerprint density at radius 3 is 2.54 bits per heavy atom. The summed E-state index contributed by atoms with van der Waals surface area (Å²) in [6.45, 7) is 6.08. The number of halogens is 1. The highest BCUT2D eigenvalue weighted by molar-refractivity contribution is 6.32. The quantitative estimate of drug-likeness (QED) is 0.567. The van der Waals surface area contributed by atoms with E-state index in [9.17, 15) is 9.59 Å². The highest BCUT2D eigenvalue weighted by Gasteiger charge is 2.34. The zero-order valence-electron chi connectivity index (χ0n) is 15.9. The van der Waals surface area contributed by atoms with Crippen molar-refractivity contribution >= 4 is 35.3 Å². The molecule has 1 fully saturated rings. The molecule has 0 spiro atoms. The number of hydrogen-bond donors (Lipinski definition) is 1. The molecule has 0 atom stereocenters. The fraction of sp³-hybridized carbons (Fsp3) is 0.238. The molecule has 1 aliphatic heterocycles. The van der Waals surface area contributed by atoms with E-state index < -0.39 is 11.9 Å². The lowest BCUT2D eigenvalue weighted by molar-refractivity contribution is -0.113. The monoisotopic (exact) mass is 400 g/mol. The van der Waals surface area contributed by atoms with Gasteiger partial charge in [0.2, 0.25) is 0 Å². The van der Waals surface area contributed by atoms with Gasteiger partial charge in [-0.05, 0) is 56.7 Å². The molecule has 0 unspecified atom stereocenters. The standard InChI is InChI=1S/C21H21ClN2O4/c1-4-27-18-12-14(10-16(22)19(18)28-13(2)3)11-17-20(25)24(21(26)23-17)15-8-6-5-7-9-15/h5-13H,4H2,1-3H3,(H,23,26)/b17-11+. The third-order valence-electron chi connectivity index (χ3n) is 3.89. The molecule has 1 heterocycles. The van der Waals surface area contributed by atoms with Crippen LogP contribution in [0.25, 0.3) is 6.08 Å². The molecule has 2 aromatic rings. The third-order valence-corrected chi connectivity index (χ3v) is 4.17. The average molecular weight is 401 g/mol. The van der Waals surface area contributed by atoms with Crippen LogP contribution in [-0.4, -0.2) is 24.6 Å². The van der Waals surface area contributed by atoms with Gasteiger partial charge in [-0.25, -0.2) is 9.69 Å². The Labute approximate surface area is 168 Å². The number of nitrogens with zero attached hydrogens (tertiary/aromatic N) is 1. The number of nitrogens with one attached hydrogen (secondary N) is 1. The van der Waals surface area contributed by atoms with E-state index >= 15 is 0 Å². The van der Waals surface area contributed by atoms with Crippen LogP contribution >= 0.6 is 11.6 Å². The maximum atomic E-state index is 12.7. The minimum absolute atomic E-state index is 0.0731. The summed E-state index contributed by atoms with van der Waals surface area (Å²) in [7, 11) is 0. The number of benzene rings is 2. The number of amides is 3. The molecule has 3 amide bonds. The van der Waals surface area contributed by atoms with E-state index in [4.69, 9.17) is 21.1 Å². The van der Waals surface area contributed by atoms with E-state index in [1.807, 2.05) is 26.8 Å². The molecule has 1 N–H and O–H groups in total. The van der Waals surface area contributed by atoms with Crippen LogP contribution in [-0.2, 0) is 4.79 Å². The highest BCUT2D eigenvalue weighted by atomic mass is 35.5. The fourth-order valence-electron chi connectivity index (χ4n) is 2.80. The summed E-state index contributed by atoms with van der Waals surface area (Å²) in [5.41, 5.74) is 1.27. The summed E-state index contributed by atoms with van der Waals surface area (Å²) >= 11 is 6.37. The number of anilines is 1. The SMILES string of the molecule is CCOc1cc(/C=C2/NC(=O)N(c3ccccc3)C2=O)cc(Cl)c1OC(C)C. The lowest BCUT2D eigenvalue weighted by atomic mass is 10.1. The molecule has 0 saturated carbocycles. The van der Waals surface area contributed by atoms with Crippen molar-refractivity contribution in [1.29, 1.82) is 0 Å². The molecule has 2 aromatic carbocycles. The summed E-state index contributed by atoms with van der Waals surface area (Å²) < 4.78 is 11.4. The predicted octanol–water partition coefficient (Wildman–Crippen LogP) is 4.62. The second kappa shape index (κ2) is 8.35. The second-order valence-corrected chi connectivity index (χ2v) is 6.80. The summed E-state index contributed by atoms with van der Waals surface area (Å²) in [5.74, 6) is 0.494. The van der Waals surface area contributed by atoms with Crippen molar-refractivity contribution in [2.75, 3.05) is 11.5 Å². The Kier molecular flexibility index (Phi) is 5.90. The number of rotatable bonds is 6. The van der Waals surface area contributed by atoms with Gasteiger partial charge in [-0.3, -0.25) is 4.79 Å². The first kappa shape index (κ1) is 19.8. The number of para-hydroxylation sites is 1. The Hall–Kier alpha value is -2.99. The number of imide groups is 1. The molecular weight excluding hydrogens is 380 g/mol. The van der Waals surface area contributed by atoms with Crippen molar-refractivity contribution in [1.82, 2.24) is 5.32 Å². The summed E-state index contributed by atoms with van der Waals surface area (Å²) in [5, 5.41) is 2.97. The molecule has 6 nitrogen and oxygen atoms in total. The normalized spacial score (nSPS) is 15.3. The van der Waals surface area contributed by atoms with Gasteiger partial charge in [0.1, 0.15) is 5.70 Å². The topological polar surface area (TPSA) is 67.9 Å². The maximum absolute atomic E-state index is 12.7. The van der Waals surface area contributed by atoms with Crippen molar-refractivity contribution < 1.29 is 19.1 Å². The Morgan fingerprint density at radius 2 is 1.89 bits per heavy atom. The van der Waals surface area contributed by atoms with E-state index in [1.54, 1.807) is 42.5 Å². The zero-order chi connectivity index (χ0) is 20.3. The second-order valence-electron chi connectivity index (χ2n) is 6.39. The van der Waals surface area contributed by atoms with Crippen LogP contribution in [0, 0.1) is 0 Å². The van der Waals surface area contributed by atoms with E-state index in [-0.39, 0.29) is 11.8 Å². The van der Waals surface area contributed by atoms with Gasteiger partial charge < -0.3 is 14.8 Å². The molecule has 28 heavy (non-hydrogen) atoms. The molecule has 1 aliphatic rings. The number of ether oxygens (including phenoxy) is 2. The Morgan fingerprint density at radius 1 is 1.18 bits per heavy atom. The highest BCUT2D eigenvalue weighted by Crippen LogP contribution is 2.38. The first-order valence-corrected chi connectivity index (χ1v) is 9.33. The van der Waals surface area contributed by atoms with E-state index in [2.05, 4.69) is 5.32 Å². The van der Waals surface area contributed by atoms with Gasteiger partial charge in [0.15, 0.2) is 11.5 Å². The molecule has 0 bridgehead atoms. The molecule has 0 radical (unpaired) electrons. The van der Waals surface area contributed by atoms with Crippen LogP contribution in [0.1, 0.15) is 26.3 Å². The van der Waals surface area contributed by atoms with Crippen molar-refractivity contribution in [3.8, 4) is 11.5 Å².